The number of nitrogens with zero attached hydrogens (tertiary/aromatic N) is 1. The van der Waals surface area contributed by atoms with Gasteiger partial charge in [0.15, 0.2) is 0 Å². The Morgan fingerprint density at radius 1 is 1.08 bits per heavy atom. The van der Waals surface area contributed by atoms with Crippen molar-refractivity contribution in [3.8, 4) is 0 Å². The van der Waals surface area contributed by atoms with E-state index in [-0.39, 0.29) is 17.2 Å². The van der Waals surface area contributed by atoms with Crippen molar-refractivity contribution in [1.29, 1.82) is 0 Å². The standard InChI is InChI=1S/C19H21N3O4/c1-3-4-8-18(23)20-16-10-9-13(2)11-17(16)21-19(24)14-6-5-7-15(12-14)22(25)26/h5-7,9-12H,3-4,8H2,1-2H3,(H,20,23)(H,21,24). The highest BCUT2D eigenvalue weighted by atomic mass is 16.6. The van der Waals surface area contributed by atoms with Gasteiger partial charge in [-0.1, -0.05) is 25.5 Å². The summed E-state index contributed by atoms with van der Waals surface area (Å²) in [7, 11) is 0. The normalized spacial score (nSPS) is 10.2. The van der Waals surface area contributed by atoms with Gasteiger partial charge in [-0.3, -0.25) is 19.7 Å². The van der Waals surface area contributed by atoms with Crippen LogP contribution < -0.4 is 10.6 Å². The molecule has 0 spiro atoms. The molecule has 0 aliphatic carbocycles. The second kappa shape index (κ2) is 8.75. The fourth-order valence-corrected chi connectivity index (χ4v) is 2.38. The van der Waals surface area contributed by atoms with Crippen LogP contribution in [0.4, 0.5) is 17.1 Å². The number of carbonyl (C=O) groups excluding carboxylic acids is 2. The molecule has 0 saturated heterocycles. The van der Waals surface area contributed by atoms with E-state index in [1.807, 2.05) is 19.9 Å². The van der Waals surface area contributed by atoms with Gasteiger partial charge in [0.25, 0.3) is 11.6 Å². The number of nitro groups is 1. The minimum atomic E-state index is -0.553. The Kier molecular flexibility index (Phi) is 6.43. The topological polar surface area (TPSA) is 101 Å². The average molecular weight is 355 g/mol. The molecular weight excluding hydrogens is 334 g/mol. The number of carbonyl (C=O) groups is 2. The number of unbranched alkanes of at least 4 members (excludes halogenated alkanes) is 1. The highest BCUT2D eigenvalue weighted by molar-refractivity contribution is 6.07. The molecule has 0 aliphatic rings. The highest BCUT2D eigenvalue weighted by Gasteiger charge is 2.14. The van der Waals surface area contributed by atoms with Crippen LogP contribution in [0.3, 0.4) is 0 Å². The van der Waals surface area contributed by atoms with Gasteiger partial charge < -0.3 is 10.6 Å². The number of hydrogen-bond acceptors (Lipinski definition) is 4. The summed E-state index contributed by atoms with van der Waals surface area (Å²) >= 11 is 0. The summed E-state index contributed by atoms with van der Waals surface area (Å²) in [6.45, 7) is 3.87. The Hall–Kier alpha value is -3.22. The van der Waals surface area contributed by atoms with Crippen LogP contribution in [0.2, 0.25) is 0 Å². The number of nitrogens with one attached hydrogen (secondary N) is 2. The van der Waals surface area contributed by atoms with Crippen molar-refractivity contribution in [1.82, 2.24) is 0 Å². The van der Waals surface area contributed by atoms with Crippen molar-refractivity contribution < 1.29 is 14.5 Å². The molecule has 7 heteroatoms. The smallest absolute Gasteiger partial charge is 0.270 e. The molecule has 0 fully saturated rings. The first-order valence-electron chi connectivity index (χ1n) is 8.37. The van der Waals surface area contributed by atoms with Crippen LogP contribution in [0.5, 0.6) is 0 Å². The quantitative estimate of drug-likeness (QED) is 0.571. The highest BCUT2D eigenvalue weighted by Crippen LogP contribution is 2.25. The van der Waals surface area contributed by atoms with Crippen LogP contribution in [-0.2, 0) is 4.79 Å². The van der Waals surface area contributed by atoms with Gasteiger partial charge in [0.1, 0.15) is 0 Å². The third kappa shape index (κ3) is 5.14. The van der Waals surface area contributed by atoms with E-state index in [0.717, 1.165) is 18.4 Å². The summed E-state index contributed by atoms with van der Waals surface area (Å²) in [5.41, 5.74) is 1.87. The number of amides is 2. The third-order valence-electron chi connectivity index (χ3n) is 3.77. The number of aryl methyl sites for hydroxylation is 1. The summed E-state index contributed by atoms with van der Waals surface area (Å²) in [5, 5.41) is 16.4. The van der Waals surface area contributed by atoms with Crippen molar-refractivity contribution >= 4 is 28.9 Å². The molecule has 2 aromatic rings. The molecule has 0 heterocycles. The second-order valence-electron chi connectivity index (χ2n) is 5.96. The Morgan fingerprint density at radius 2 is 1.85 bits per heavy atom. The zero-order valence-electron chi connectivity index (χ0n) is 14.7. The van der Waals surface area contributed by atoms with Gasteiger partial charge in [-0.15, -0.1) is 0 Å². The predicted molar refractivity (Wildman–Crippen MR) is 100 cm³/mol. The minimum Gasteiger partial charge on any atom is -0.324 e. The molecule has 0 aliphatic heterocycles. The van der Waals surface area contributed by atoms with Crippen LogP contribution in [0.1, 0.15) is 42.1 Å². The van der Waals surface area contributed by atoms with Gasteiger partial charge in [-0.25, -0.2) is 0 Å². The Bertz CT molecular complexity index is 833. The predicted octanol–water partition coefficient (Wildman–Crippen LogP) is 4.28. The molecule has 0 atom stereocenters. The van der Waals surface area contributed by atoms with Crippen LogP contribution in [-0.4, -0.2) is 16.7 Å². The van der Waals surface area contributed by atoms with Crippen LogP contribution in [0.25, 0.3) is 0 Å². The maximum Gasteiger partial charge on any atom is 0.270 e. The zero-order valence-corrected chi connectivity index (χ0v) is 14.7. The summed E-state index contributed by atoms with van der Waals surface area (Å²) in [6.07, 6.45) is 2.10. The van der Waals surface area contributed by atoms with Crippen LogP contribution in [0.15, 0.2) is 42.5 Å². The molecule has 2 amide bonds. The van der Waals surface area contributed by atoms with Crippen molar-refractivity contribution in [2.45, 2.75) is 33.1 Å². The fraction of sp³-hybridized carbons (Fsp3) is 0.263. The summed E-state index contributed by atoms with van der Waals surface area (Å²) < 4.78 is 0. The molecule has 2 rings (SSSR count). The first-order valence-corrected chi connectivity index (χ1v) is 8.37. The van der Waals surface area contributed by atoms with E-state index >= 15 is 0 Å². The van der Waals surface area contributed by atoms with E-state index in [1.54, 1.807) is 12.1 Å². The number of anilines is 2. The first-order chi connectivity index (χ1) is 12.4. The maximum atomic E-state index is 12.5. The van der Waals surface area contributed by atoms with Crippen molar-refractivity contribution in [3.63, 3.8) is 0 Å². The number of nitro benzene ring substituents is 1. The SMILES string of the molecule is CCCCC(=O)Nc1ccc(C)cc1NC(=O)c1cccc([N+](=O)[O-])c1. The number of non-ortho nitro benzene ring substituents is 1. The van der Waals surface area contributed by atoms with Crippen molar-refractivity contribution in [2.24, 2.45) is 0 Å². The second-order valence-corrected chi connectivity index (χ2v) is 5.96. The molecule has 2 N–H and O–H groups in total. The number of benzene rings is 2. The van der Waals surface area contributed by atoms with Gasteiger partial charge in [-0.05, 0) is 37.1 Å². The molecule has 0 bridgehead atoms. The van der Waals surface area contributed by atoms with E-state index in [1.165, 1.54) is 24.3 Å². The van der Waals surface area contributed by atoms with Crippen molar-refractivity contribution in [2.75, 3.05) is 10.6 Å². The van der Waals surface area contributed by atoms with Gasteiger partial charge in [0, 0.05) is 24.1 Å². The van der Waals surface area contributed by atoms with E-state index < -0.39 is 10.8 Å². The molecule has 0 radical (unpaired) electrons. The maximum absolute atomic E-state index is 12.5. The van der Waals surface area contributed by atoms with Crippen LogP contribution >= 0.6 is 0 Å². The van der Waals surface area contributed by atoms with E-state index in [9.17, 15) is 19.7 Å². The molecular formula is C19H21N3O4. The first kappa shape index (κ1) is 19.1. The van der Waals surface area contributed by atoms with Crippen LogP contribution in [0, 0.1) is 17.0 Å². The number of hydrogen-bond donors (Lipinski definition) is 2. The lowest BCUT2D eigenvalue weighted by Gasteiger charge is -2.13. The van der Waals surface area contributed by atoms with E-state index in [4.69, 9.17) is 0 Å². The molecule has 0 aromatic heterocycles. The largest absolute Gasteiger partial charge is 0.324 e. The minimum absolute atomic E-state index is 0.124. The molecule has 136 valence electrons. The Balaban J connectivity index is 2.21. The van der Waals surface area contributed by atoms with E-state index in [0.29, 0.717) is 17.8 Å². The Morgan fingerprint density at radius 3 is 2.54 bits per heavy atom. The lowest BCUT2D eigenvalue weighted by Crippen LogP contribution is -2.16. The average Bonchev–Trinajstić information content (AvgIpc) is 2.62. The fourth-order valence-electron chi connectivity index (χ4n) is 2.38. The van der Waals surface area contributed by atoms with Gasteiger partial charge in [0.05, 0.1) is 16.3 Å². The van der Waals surface area contributed by atoms with Crippen molar-refractivity contribution in [3.05, 3.63) is 63.7 Å². The molecule has 0 saturated carbocycles. The summed E-state index contributed by atoms with van der Waals surface area (Å²) in [4.78, 5) is 34.8. The molecule has 0 unspecified atom stereocenters. The lowest BCUT2D eigenvalue weighted by atomic mass is 10.1. The third-order valence-corrected chi connectivity index (χ3v) is 3.77. The number of rotatable bonds is 7. The summed E-state index contributed by atoms with van der Waals surface area (Å²) in [5.74, 6) is -0.607. The van der Waals surface area contributed by atoms with Gasteiger partial charge in [0.2, 0.25) is 5.91 Å². The van der Waals surface area contributed by atoms with Gasteiger partial charge >= 0.3 is 0 Å². The van der Waals surface area contributed by atoms with Gasteiger partial charge in [-0.2, -0.15) is 0 Å². The summed E-state index contributed by atoms with van der Waals surface area (Å²) in [6, 6.07) is 10.8. The monoisotopic (exact) mass is 355 g/mol. The lowest BCUT2D eigenvalue weighted by molar-refractivity contribution is -0.384. The molecule has 7 nitrogen and oxygen atoms in total. The molecule has 26 heavy (non-hydrogen) atoms. The zero-order chi connectivity index (χ0) is 19.1. The Labute approximate surface area is 151 Å². The van der Waals surface area contributed by atoms with E-state index in [2.05, 4.69) is 10.6 Å². The molecule has 2 aromatic carbocycles.